The van der Waals surface area contributed by atoms with Crippen molar-refractivity contribution in [2.75, 3.05) is 19.1 Å². The fourth-order valence-corrected chi connectivity index (χ4v) is 1.43. The first-order valence-corrected chi connectivity index (χ1v) is 5.19. The minimum atomic E-state index is -0.423. The van der Waals surface area contributed by atoms with E-state index in [1.807, 2.05) is 30.3 Å². The summed E-state index contributed by atoms with van der Waals surface area (Å²) in [6, 6.07) is 9.55. The van der Waals surface area contributed by atoms with E-state index in [0.29, 0.717) is 10.7 Å². The van der Waals surface area contributed by atoms with Gasteiger partial charge in [-0.25, -0.2) is 4.79 Å². The summed E-state index contributed by atoms with van der Waals surface area (Å²) in [5.41, 5.74) is 1.30. The van der Waals surface area contributed by atoms with Crippen molar-refractivity contribution >= 4 is 23.3 Å². The third kappa shape index (κ3) is 2.76. The third-order valence-electron chi connectivity index (χ3n) is 2.24. The number of hydrogen-bond acceptors (Lipinski definition) is 3. The van der Waals surface area contributed by atoms with Crippen molar-refractivity contribution in [2.24, 2.45) is 0 Å². The Balaban J connectivity index is 2.98. The number of rotatable bonds is 3. The largest absolute Gasteiger partial charge is 0.466 e. The van der Waals surface area contributed by atoms with Gasteiger partial charge in [-0.15, -0.1) is 0 Å². The van der Waals surface area contributed by atoms with Crippen LogP contribution in [0.2, 0.25) is 0 Å². The van der Waals surface area contributed by atoms with Crippen LogP contribution in [-0.4, -0.2) is 20.1 Å². The molecule has 0 spiro atoms. The quantitative estimate of drug-likeness (QED) is 0.462. The van der Waals surface area contributed by atoms with Gasteiger partial charge in [-0.2, -0.15) is 0 Å². The summed E-state index contributed by atoms with van der Waals surface area (Å²) in [4.78, 5) is 13.0. The first kappa shape index (κ1) is 12.6. The summed E-state index contributed by atoms with van der Waals surface area (Å²) in [7, 11) is 3.13. The van der Waals surface area contributed by atoms with Crippen LogP contribution in [0.4, 0.5) is 5.69 Å². The SMILES string of the molecule is COC(=O)/C(C)=C(\Cl)N(C)c1ccccc1. The van der Waals surface area contributed by atoms with Crippen LogP contribution in [0.15, 0.2) is 41.1 Å². The Bertz CT molecular complexity index is 401. The molecule has 4 heteroatoms. The highest BCUT2D eigenvalue weighted by atomic mass is 35.5. The highest BCUT2D eigenvalue weighted by Gasteiger charge is 2.13. The minimum Gasteiger partial charge on any atom is -0.466 e. The molecule has 0 heterocycles. The third-order valence-corrected chi connectivity index (χ3v) is 2.78. The molecule has 16 heavy (non-hydrogen) atoms. The topological polar surface area (TPSA) is 29.5 Å². The Kier molecular flexibility index (Phi) is 4.38. The number of anilines is 1. The zero-order chi connectivity index (χ0) is 12.1. The molecule has 86 valence electrons. The van der Waals surface area contributed by atoms with Gasteiger partial charge in [0.2, 0.25) is 0 Å². The first-order valence-electron chi connectivity index (χ1n) is 4.81. The van der Waals surface area contributed by atoms with Crippen molar-refractivity contribution in [2.45, 2.75) is 6.92 Å². The van der Waals surface area contributed by atoms with Crippen molar-refractivity contribution in [1.29, 1.82) is 0 Å². The highest BCUT2D eigenvalue weighted by molar-refractivity contribution is 6.33. The van der Waals surface area contributed by atoms with Crippen LogP contribution in [-0.2, 0) is 9.53 Å². The molecule has 0 radical (unpaired) electrons. The lowest BCUT2D eigenvalue weighted by Gasteiger charge is -2.19. The molecular formula is C12H14ClNO2. The van der Waals surface area contributed by atoms with Crippen LogP contribution in [0.3, 0.4) is 0 Å². The lowest BCUT2D eigenvalue weighted by molar-refractivity contribution is -0.136. The molecule has 0 aromatic heterocycles. The van der Waals surface area contributed by atoms with Crippen LogP contribution >= 0.6 is 11.6 Å². The molecule has 1 aromatic rings. The summed E-state index contributed by atoms with van der Waals surface area (Å²) in [6.07, 6.45) is 0. The molecule has 0 saturated heterocycles. The number of carbonyl (C=O) groups excluding carboxylic acids is 1. The molecule has 0 bridgehead atoms. The lowest BCUT2D eigenvalue weighted by Crippen LogP contribution is -2.17. The lowest BCUT2D eigenvalue weighted by atomic mass is 10.3. The van der Waals surface area contributed by atoms with Crippen molar-refractivity contribution < 1.29 is 9.53 Å². The molecule has 1 aromatic carbocycles. The fourth-order valence-electron chi connectivity index (χ4n) is 1.25. The molecule has 0 fully saturated rings. The van der Waals surface area contributed by atoms with Gasteiger partial charge in [-0.05, 0) is 19.1 Å². The van der Waals surface area contributed by atoms with Gasteiger partial charge in [0.15, 0.2) is 0 Å². The van der Waals surface area contributed by atoms with Crippen molar-refractivity contribution in [3.05, 3.63) is 41.1 Å². The summed E-state index contributed by atoms with van der Waals surface area (Å²) >= 11 is 6.09. The second kappa shape index (κ2) is 5.56. The Hall–Kier alpha value is -1.48. The average Bonchev–Trinajstić information content (AvgIpc) is 2.36. The van der Waals surface area contributed by atoms with E-state index in [9.17, 15) is 4.79 Å². The van der Waals surface area contributed by atoms with Gasteiger partial charge in [0, 0.05) is 12.7 Å². The molecule has 0 amide bonds. The van der Waals surface area contributed by atoms with Gasteiger partial charge in [0.1, 0.15) is 5.16 Å². The molecule has 3 nitrogen and oxygen atoms in total. The van der Waals surface area contributed by atoms with Crippen molar-refractivity contribution in [3.63, 3.8) is 0 Å². The van der Waals surface area contributed by atoms with Gasteiger partial charge >= 0.3 is 5.97 Å². The van der Waals surface area contributed by atoms with Crippen LogP contribution in [0.25, 0.3) is 0 Å². The van der Waals surface area contributed by atoms with E-state index >= 15 is 0 Å². The number of esters is 1. The molecule has 0 aliphatic carbocycles. The standard InChI is InChI=1S/C12H14ClNO2/c1-9(12(15)16-3)11(13)14(2)10-7-5-4-6-8-10/h4-8H,1-3H3/b11-9+. The summed E-state index contributed by atoms with van der Waals surface area (Å²) < 4.78 is 4.61. The van der Waals surface area contributed by atoms with Gasteiger partial charge in [-0.1, -0.05) is 29.8 Å². The maximum Gasteiger partial charge on any atom is 0.336 e. The zero-order valence-electron chi connectivity index (χ0n) is 9.53. The Morgan fingerprint density at radius 1 is 1.31 bits per heavy atom. The Morgan fingerprint density at radius 3 is 2.38 bits per heavy atom. The molecule has 0 saturated carbocycles. The molecule has 0 atom stereocenters. The van der Waals surface area contributed by atoms with Gasteiger partial charge in [0.25, 0.3) is 0 Å². The second-order valence-electron chi connectivity index (χ2n) is 3.30. The summed E-state index contributed by atoms with van der Waals surface area (Å²) in [6.45, 7) is 1.63. The summed E-state index contributed by atoms with van der Waals surface area (Å²) in [5.74, 6) is -0.423. The summed E-state index contributed by atoms with van der Waals surface area (Å²) in [5, 5.41) is 0.359. The predicted molar refractivity (Wildman–Crippen MR) is 65.4 cm³/mol. The van der Waals surface area contributed by atoms with Crippen LogP contribution in [0, 0.1) is 0 Å². The van der Waals surface area contributed by atoms with Crippen molar-refractivity contribution in [3.8, 4) is 0 Å². The molecule has 0 unspecified atom stereocenters. The number of halogens is 1. The fraction of sp³-hybridized carbons (Fsp3) is 0.250. The normalized spacial score (nSPS) is 11.8. The van der Waals surface area contributed by atoms with E-state index in [4.69, 9.17) is 11.6 Å². The van der Waals surface area contributed by atoms with E-state index < -0.39 is 5.97 Å². The van der Waals surface area contributed by atoms with E-state index in [-0.39, 0.29) is 0 Å². The highest BCUT2D eigenvalue weighted by Crippen LogP contribution is 2.22. The number of ether oxygens (including phenoxy) is 1. The van der Waals surface area contributed by atoms with E-state index in [0.717, 1.165) is 5.69 Å². The van der Waals surface area contributed by atoms with Crippen LogP contribution < -0.4 is 4.90 Å². The Morgan fingerprint density at radius 2 is 1.88 bits per heavy atom. The number of methoxy groups -OCH3 is 1. The first-order chi connectivity index (χ1) is 7.57. The molecule has 0 aliphatic heterocycles. The molecular weight excluding hydrogens is 226 g/mol. The number of nitrogens with zero attached hydrogens (tertiary/aromatic N) is 1. The van der Waals surface area contributed by atoms with Gasteiger partial charge in [0.05, 0.1) is 12.7 Å². The van der Waals surface area contributed by atoms with E-state index in [1.165, 1.54) is 7.11 Å². The maximum atomic E-state index is 11.3. The number of para-hydroxylation sites is 1. The van der Waals surface area contributed by atoms with Crippen LogP contribution in [0.1, 0.15) is 6.92 Å². The number of benzene rings is 1. The van der Waals surface area contributed by atoms with E-state index in [2.05, 4.69) is 4.74 Å². The zero-order valence-corrected chi connectivity index (χ0v) is 10.3. The molecule has 0 N–H and O–H groups in total. The minimum absolute atomic E-state index is 0.359. The van der Waals surface area contributed by atoms with Crippen molar-refractivity contribution in [1.82, 2.24) is 0 Å². The maximum absolute atomic E-state index is 11.3. The Labute approximate surface area is 100 Å². The molecule has 1 rings (SSSR count). The number of carbonyl (C=O) groups is 1. The van der Waals surface area contributed by atoms with E-state index in [1.54, 1.807) is 18.9 Å². The smallest absolute Gasteiger partial charge is 0.336 e. The second-order valence-corrected chi connectivity index (χ2v) is 3.66. The monoisotopic (exact) mass is 239 g/mol. The molecule has 0 aliphatic rings. The van der Waals surface area contributed by atoms with Gasteiger partial charge < -0.3 is 9.64 Å². The average molecular weight is 240 g/mol. The predicted octanol–water partition coefficient (Wildman–Crippen LogP) is 2.77. The van der Waals surface area contributed by atoms with Gasteiger partial charge in [-0.3, -0.25) is 0 Å². The number of hydrogen-bond donors (Lipinski definition) is 0. The van der Waals surface area contributed by atoms with Crippen LogP contribution in [0.5, 0.6) is 0 Å².